The van der Waals surface area contributed by atoms with E-state index in [9.17, 15) is 0 Å². The third-order valence-corrected chi connectivity index (χ3v) is 10.7. The highest BCUT2D eigenvalue weighted by Crippen LogP contribution is 2.51. The molecule has 0 saturated heterocycles. The molecule has 1 aliphatic carbocycles. The summed E-state index contributed by atoms with van der Waals surface area (Å²) in [5.74, 6) is 0.596. The summed E-state index contributed by atoms with van der Waals surface area (Å²) >= 11 is 0. The van der Waals surface area contributed by atoms with Crippen molar-refractivity contribution < 1.29 is 13.3 Å². The van der Waals surface area contributed by atoms with Crippen LogP contribution >= 0.6 is 0 Å². The number of hydrogen-bond donors (Lipinski definition) is 0. The Hall–Kier alpha value is -6.59. The van der Waals surface area contributed by atoms with Crippen LogP contribution < -0.4 is 4.90 Å². The normalized spacial score (nSPS) is 13.5. The second-order valence-electron chi connectivity index (χ2n) is 14.0. The van der Waals surface area contributed by atoms with Gasteiger partial charge in [0.2, 0.25) is 5.89 Å². The Kier molecular flexibility index (Phi) is 5.66. The number of para-hydroxylation sites is 1. The predicted molar refractivity (Wildman–Crippen MR) is 206 cm³/mol. The molecule has 0 bridgehead atoms. The number of aromatic nitrogens is 1. The lowest BCUT2D eigenvalue weighted by atomic mass is 9.82. The number of fused-ring (bicyclic) bond motifs is 10. The van der Waals surface area contributed by atoms with E-state index in [1.807, 2.05) is 48.5 Å². The van der Waals surface area contributed by atoms with Gasteiger partial charge in [0, 0.05) is 55.7 Å². The van der Waals surface area contributed by atoms with E-state index in [4.69, 9.17) is 18.2 Å². The average molecular weight is 659 g/mol. The Morgan fingerprint density at radius 3 is 1.88 bits per heavy atom. The molecule has 51 heavy (non-hydrogen) atoms. The van der Waals surface area contributed by atoms with E-state index in [2.05, 4.69) is 116 Å². The molecule has 0 fully saturated rings. The second kappa shape index (κ2) is 10.2. The van der Waals surface area contributed by atoms with Crippen molar-refractivity contribution in [2.45, 2.75) is 19.3 Å². The molecule has 0 amide bonds. The number of benzene rings is 7. The lowest BCUT2D eigenvalue weighted by Gasteiger charge is -2.28. The van der Waals surface area contributed by atoms with Crippen molar-refractivity contribution in [2.24, 2.45) is 0 Å². The zero-order valence-electron chi connectivity index (χ0n) is 28.0. The van der Waals surface area contributed by atoms with Crippen molar-refractivity contribution >= 4 is 72.0 Å². The zero-order valence-corrected chi connectivity index (χ0v) is 28.0. The molecule has 3 heterocycles. The fraction of sp³-hybridized carbons (Fsp3) is 0.0652. The first-order valence-corrected chi connectivity index (χ1v) is 17.3. The van der Waals surface area contributed by atoms with Crippen molar-refractivity contribution in [1.82, 2.24) is 4.98 Å². The molecule has 0 N–H and O–H groups in total. The largest absolute Gasteiger partial charge is 0.456 e. The summed E-state index contributed by atoms with van der Waals surface area (Å²) in [6, 6.07) is 50.9. The second-order valence-corrected chi connectivity index (χ2v) is 14.0. The molecule has 10 aromatic rings. The Morgan fingerprint density at radius 2 is 1.06 bits per heavy atom. The van der Waals surface area contributed by atoms with Crippen LogP contribution in [0.15, 0.2) is 159 Å². The monoisotopic (exact) mass is 658 g/mol. The van der Waals surface area contributed by atoms with Gasteiger partial charge in [-0.05, 0) is 95.1 Å². The maximum atomic E-state index is 6.42. The molecule has 242 valence electrons. The number of anilines is 3. The van der Waals surface area contributed by atoms with E-state index in [-0.39, 0.29) is 5.41 Å². The van der Waals surface area contributed by atoms with Gasteiger partial charge in [-0.1, -0.05) is 80.6 Å². The minimum atomic E-state index is -0.134. The molecular weight excluding hydrogens is 629 g/mol. The number of oxazole rings is 1. The van der Waals surface area contributed by atoms with E-state index >= 15 is 0 Å². The smallest absolute Gasteiger partial charge is 0.227 e. The number of hydrogen-bond acceptors (Lipinski definition) is 5. The van der Waals surface area contributed by atoms with E-state index < -0.39 is 0 Å². The van der Waals surface area contributed by atoms with E-state index in [1.54, 1.807) is 0 Å². The van der Waals surface area contributed by atoms with Gasteiger partial charge in [-0.3, -0.25) is 0 Å². The van der Waals surface area contributed by atoms with Crippen LogP contribution in [-0.2, 0) is 5.41 Å². The van der Waals surface area contributed by atoms with Crippen molar-refractivity contribution in [3.63, 3.8) is 0 Å². The molecule has 0 radical (unpaired) electrons. The van der Waals surface area contributed by atoms with Crippen LogP contribution in [0.5, 0.6) is 0 Å². The fourth-order valence-corrected chi connectivity index (χ4v) is 8.16. The summed E-state index contributed by atoms with van der Waals surface area (Å²) in [7, 11) is 0. The molecule has 0 aliphatic heterocycles. The molecule has 1 aliphatic rings. The Balaban J connectivity index is 1.12. The maximum absolute atomic E-state index is 6.42. The highest BCUT2D eigenvalue weighted by atomic mass is 16.4. The van der Waals surface area contributed by atoms with Gasteiger partial charge >= 0.3 is 0 Å². The lowest BCUT2D eigenvalue weighted by molar-refractivity contribution is 0.617. The van der Waals surface area contributed by atoms with Crippen molar-refractivity contribution in [3.05, 3.63) is 157 Å². The Bertz CT molecular complexity index is 3020. The van der Waals surface area contributed by atoms with Crippen LogP contribution in [0.1, 0.15) is 25.0 Å². The third kappa shape index (κ3) is 4.12. The summed E-state index contributed by atoms with van der Waals surface area (Å²) in [6.45, 7) is 4.65. The number of rotatable bonds is 4. The highest BCUT2D eigenvalue weighted by Gasteiger charge is 2.35. The van der Waals surface area contributed by atoms with Crippen LogP contribution in [0.2, 0.25) is 0 Å². The molecular formula is C46H30N2O3. The fourth-order valence-electron chi connectivity index (χ4n) is 8.16. The average Bonchev–Trinajstić information content (AvgIpc) is 3.91. The first-order chi connectivity index (χ1) is 25.0. The van der Waals surface area contributed by atoms with Crippen LogP contribution in [0, 0.1) is 0 Å². The van der Waals surface area contributed by atoms with Gasteiger partial charge < -0.3 is 18.2 Å². The summed E-state index contributed by atoms with van der Waals surface area (Å²) in [4.78, 5) is 7.21. The van der Waals surface area contributed by atoms with Gasteiger partial charge in [-0.2, -0.15) is 0 Å². The van der Waals surface area contributed by atoms with Gasteiger partial charge in [0.15, 0.2) is 5.58 Å². The number of furan rings is 2. The summed E-state index contributed by atoms with van der Waals surface area (Å²) in [5, 5.41) is 4.19. The molecule has 7 aromatic carbocycles. The predicted octanol–water partition coefficient (Wildman–Crippen LogP) is 13.1. The maximum Gasteiger partial charge on any atom is 0.227 e. The van der Waals surface area contributed by atoms with E-state index in [0.29, 0.717) is 11.5 Å². The van der Waals surface area contributed by atoms with Crippen LogP contribution in [0.3, 0.4) is 0 Å². The van der Waals surface area contributed by atoms with Crippen molar-refractivity contribution in [2.75, 3.05) is 4.90 Å². The Morgan fingerprint density at radius 1 is 0.451 bits per heavy atom. The number of nitrogens with zero attached hydrogens (tertiary/aromatic N) is 2. The molecule has 0 unspecified atom stereocenters. The van der Waals surface area contributed by atoms with Gasteiger partial charge in [-0.25, -0.2) is 4.98 Å². The van der Waals surface area contributed by atoms with Crippen molar-refractivity contribution in [1.29, 1.82) is 0 Å². The molecule has 3 aromatic heterocycles. The van der Waals surface area contributed by atoms with Crippen LogP contribution in [0.25, 0.3) is 77.6 Å². The Labute approximate surface area is 293 Å². The van der Waals surface area contributed by atoms with Crippen molar-refractivity contribution in [3.8, 4) is 22.6 Å². The first-order valence-electron chi connectivity index (χ1n) is 17.3. The highest BCUT2D eigenvalue weighted by molar-refractivity contribution is 6.11. The first kappa shape index (κ1) is 28.3. The molecule has 0 spiro atoms. The molecule has 0 atom stereocenters. The molecule has 11 rings (SSSR count). The van der Waals surface area contributed by atoms with E-state index in [1.165, 1.54) is 22.3 Å². The van der Waals surface area contributed by atoms with E-state index in [0.717, 1.165) is 72.0 Å². The van der Waals surface area contributed by atoms with Gasteiger partial charge in [0.25, 0.3) is 0 Å². The topological polar surface area (TPSA) is 55.6 Å². The van der Waals surface area contributed by atoms with Crippen LogP contribution in [-0.4, -0.2) is 4.98 Å². The quantitative estimate of drug-likeness (QED) is 0.188. The minimum absolute atomic E-state index is 0.134. The standard InChI is InChI=1S/C46H30N2O3/c1-46(2)37-14-8-6-12-31(37)32-19-16-30(24-38(32)46)48(28-17-20-41-34(22-28)33-13-7-9-15-40(33)49-41)29-18-21-42-35(23-29)36-25-39-44(26-43(36)50-42)51-45(47-39)27-10-4-3-5-11-27/h3-26H,1-2H3. The summed E-state index contributed by atoms with van der Waals surface area (Å²) < 4.78 is 18.8. The SMILES string of the molecule is CC1(C)c2ccccc2-c2ccc(N(c3ccc4oc5ccccc5c4c3)c3ccc4oc5cc6oc(-c7ccccc7)nc6cc5c4c3)cc21. The van der Waals surface area contributed by atoms with Gasteiger partial charge in [-0.15, -0.1) is 0 Å². The minimum Gasteiger partial charge on any atom is -0.456 e. The third-order valence-electron chi connectivity index (χ3n) is 10.7. The van der Waals surface area contributed by atoms with Gasteiger partial charge in [0.1, 0.15) is 27.8 Å². The van der Waals surface area contributed by atoms with Crippen LogP contribution in [0.4, 0.5) is 17.1 Å². The summed E-state index contributed by atoms with van der Waals surface area (Å²) in [6.07, 6.45) is 0. The summed E-state index contributed by atoms with van der Waals surface area (Å²) in [5.41, 5.74) is 14.1. The molecule has 0 saturated carbocycles. The molecule has 5 nitrogen and oxygen atoms in total. The van der Waals surface area contributed by atoms with Gasteiger partial charge in [0.05, 0.1) is 0 Å². The molecule has 5 heteroatoms. The lowest BCUT2D eigenvalue weighted by Crippen LogP contribution is -2.16. The zero-order chi connectivity index (χ0) is 33.8.